The van der Waals surface area contributed by atoms with E-state index in [9.17, 15) is 9.18 Å². The molecule has 2 aromatic rings. The molecule has 0 fully saturated rings. The molecule has 1 atom stereocenters. The molecule has 2 nitrogen and oxygen atoms in total. The third kappa shape index (κ3) is 2.74. The molecule has 20 heavy (non-hydrogen) atoms. The van der Waals surface area contributed by atoms with Gasteiger partial charge in [-0.25, -0.2) is 4.39 Å². The Morgan fingerprint density at radius 2 is 2.10 bits per heavy atom. The van der Waals surface area contributed by atoms with Crippen molar-refractivity contribution in [3.63, 3.8) is 0 Å². The first-order valence-electron chi connectivity index (χ1n) is 6.14. The van der Waals surface area contributed by atoms with Crippen molar-refractivity contribution >= 4 is 39.3 Å². The summed E-state index contributed by atoms with van der Waals surface area (Å²) in [6.07, 6.45) is 0.708. The van der Waals surface area contributed by atoms with Crippen molar-refractivity contribution in [1.29, 1.82) is 0 Å². The van der Waals surface area contributed by atoms with Crippen LogP contribution in [0.25, 0.3) is 0 Å². The quantitative estimate of drug-likeness (QED) is 0.876. The van der Waals surface area contributed by atoms with E-state index in [1.54, 1.807) is 17.8 Å². The average molecular weight is 352 g/mol. The average Bonchev–Trinajstić information content (AvgIpc) is 2.87. The second-order valence-electron chi connectivity index (χ2n) is 4.53. The lowest BCUT2D eigenvalue weighted by atomic mass is 10.1. The van der Waals surface area contributed by atoms with Crippen LogP contribution >= 0.6 is 27.7 Å². The number of nitrogens with one attached hydrogen (secondary N) is 1. The van der Waals surface area contributed by atoms with Crippen molar-refractivity contribution in [1.82, 2.24) is 0 Å². The summed E-state index contributed by atoms with van der Waals surface area (Å²) in [5, 5.41) is 2.62. The Morgan fingerprint density at radius 3 is 2.90 bits per heavy atom. The maximum Gasteiger partial charge on any atom is 0.238 e. The van der Waals surface area contributed by atoms with Crippen LogP contribution in [-0.4, -0.2) is 11.2 Å². The maximum absolute atomic E-state index is 13.2. The second-order valence-corrected chi connectivity index (χ2v) is 6.63. The van der Waals surface area contributed by atoms with E-state index in [1.807, 2.05) is 24.3 Å². The lowest BCUT2D eigenvalue weighted by Gasteiger charge is -2.11. The van der Waals surface area contributed by atoms with Gasteiger partial charge in [-0.15, -0.1) is 11.8 Å². The lowest BCUT2D eigenvalue weighted by Crippen LogP contribution is -2.24. The summed E-state index contributed by atoms with van der Waals surface area (Å²) in [4.78, 5) is 13.4. The molecule has 0 saturated heterocycles. The van der Waals surface area contributed by atoms with Gasteiger partial charge in [0.05, 0.1) is 10.9 Å². The van der Waals surface area contributed by atoms with Gasteiger partial charge in [-0.3, -0.25) is 4.79 Å². The van der Waals surface area contributed by atoms with Crippen LogP contribution in [0, 0.1) is 5.82 Å². The Bertz CT molecular complexity index is 652. The van der Waals surface area contributed by atoms with Crippen molar-refractivity contribution in [2.24, 2.45) is 0 Å². The smallest absolute Gasteiger partial charge is 0.238 e. The fraction of sp³-hybridized carbons (Fsp3) is 0.133. The second kappa shape index (κ2) is 5.58. The highest BCUT2D eigenvalue weighted by Crippen LogP contribution is 2.37. The molecule has 0 aromatic heterocycles. The fourth-order valence-electron chi connectivity index (χ4n) is 2.13. The molecule has 0 aliphatic carbocycles. The molecular weight excluding hydrogens is 341 g/mol. The van der Waals surface area contributed by atoms with Crippen molar-refractivity contribution < 1.29 is 9.18 Å². The van der Waals surface area contributed by atoms with Crippen LogP contribution in [0.1, 0.15) is 5.56 Å². The molecule has 0 spiro atoms. The molecule has 1 aliphatic rings. The van der Waals surface area contributed by atoms with Crippen LogP contribution in [0.3, 0.4) is 0 Å². The third-order valence-electron chi connectivity index (χ3n) is 3.13. The Hall–Kier alpha value is -1.33. The molecule has 3 rings (SSSR count). The van der Waals surface area contributed by atoms with Crippen LogP contribution < -0.4 is 5.32 Å². The van der Waals surface area contributed by atoms with Gasteiger partial charge in [-0.2, -0.15) is 0 Å². The zero-order chi connectivity index (χ0) is 14.1. The van der Waals surface area contributed by atoms with E-state index in [2.05, 4.69) is 21.2 Å². The van der Waals surface area contributed by atoms with E-state index in [0.29, 0.717) is 16.6 Å². The molecule has 0 radical (unpaired) electrons. The molecule has 0 bridgehead atoms. The minimum absolute atomic E-state index is 0.0995. The topological polar surface area (TPSA) is 29.1 Å². The zero-order valence-corrected chi connectivity index (χ0v) is 12.8. The van der Waals surface area contributed by atoms with Gasteiger partial charge in [0.25, 0.3) is 0 Å². The van der Waals surface area contributed by atoms with Gasteiger partial charge in [0.15, 0.2) is 0 Å². The summed E-state index contributed by atoms with van der Waals surface area (Å²) < 4.78 is 13.9. The van der Waals surface area contributed by atoms with E-state index >= 15 is 0 Å². The first kappa shape index (κ1) is 13.6. The van der Waals surface area contributed by atoms with Gasteiger partial charge in [-0.05, 0) is 52.2 Å². The Labute approximate surface area is 128 Å². The molecule has 0 saturated carbocycles. The number of benzene rings is 2. The molecule has 5 heteroatoms. The molecule has 1 N–H and O–H groups in total. The Balaban J connectivity index is 1.74. The van der Waals surface area contributed by atoms with Crippen LogP contribution in [0.4, 0.5) is 10.1 Å². The SMILES string of the molecule is O=C(Nc1cc(F)ccc1Br)C1Cc2ccccc2S1. The molecule has 2 aromatic carbocycles. The van der Waals surface area contributed by atoms with E-state index in [0.717, 1.165) is 4.90 Å². The number of hydrogen-bond acceptors (Lipinski definition) is 2. The van der Waals surface area contributed by atoms with E-state index in [-0.39, 0.29) is 17.0 Å². The highest BCUT2D eigenvalue weighted by Gasteiger charge is 2.28. The van der Waals surface area contributed by atoms with Crippen molar-refractivity contribution in [3.8, 4) is 0 Å². The maximum atomic E-state index is 13.2. The van der Waals surface area contributed by atoms with Gasteiger partial charge >= 0.3 is 0 Å². The highest BCUT2D eigenvalue weighted by atomic mass is 79.9. The summed E-state index contributed by atoms with van der Waals surface area (Å²) in [6, 6.07) is 12.2. The number of anilines is 1. The number of halogens is 2. The first-order valence-corrected chi connectivity index (χ1v) is 7.81. The molecule has 1 aliphatic heterocycles. The normalized spacial score (nSPS) is 16.8. The number of amides is 1. The summed E-state index contributed by atoms with van der Waals surface area (Å²) in [7, 11) is 0. The standard InChI is InChI=1S/C15H11BrFNOS/c16-11-6-5-10(17)8-12(11)18-15(19)14-7-9-3-1-2-4-13(9)20-14/h1-6,8,14H,7H2,(H,18,19). The summed E-state index contributed by atoms with van der Waals surface area (Å²) in [5.41, 5.74) is 1.66. The van der Waals surface area contributed by atoms with Gasteiger partial charge in [0, 0.05) is 9.37 Å². The van der Waals surface area contributed by atoms with Crippen molar-refractivity contribution in [2.75, 3.05) is 5.32 Å². The molecule has 102 valence electrons. The van der Waals surface area contributed by atoms with Crippen molar-refractivity contribution in [3.05, 3.63) is 58.3 Å². The third-order valence-corrected chi connectivity index (χ3v) is 5.13. The summed E-state index contributed by atoms with van der Waals surface area (Å²) in [5.74, 6) is -0.469. The minimum Gasteiger partial charge on any atom is -0.324 e. The zero-order valence-electron chi connectivity index (χ0n) is 10.4. The molecule has 1 heterocycles. The van der Waals surface area contributed by atoms with Gasteiger partial charge in [0.1, 0.15) is 5.82 Å². The fourth-order valence-corrected chi connectivity index (χ4v) is 3.68. The Kier molecular flexibility index (Phi) is 3.81. The molecule has 1 amide bonds. The summed E-state index contributed by atoms with van der Waals surface area (Å²) >= 11 is 4.86. The van der Waals surface area contributed by atoms with Crippen LogP contribution in [0.2, 0.25) is 0 Å². The predicted octanol–water partition coefficient (Wildman–Crippen LogP) is 4.24. The summed E-state index contributed by atoms with van der Waals surface area (Å²) in [6.45, 7) is 0. The predicted molar refractivity (Wildman–Crippen MR) is 82.5 cm³/mol. The number of fused-ring (bicyclic) bond motifs is 1. The van der Waals surface area contributed by atoms with Crippen LogP contribution in [-0.2, 0) is 11.2 Å². The largest absolute Gasteiger partial charge is 0.324 e. The van der Waals surface area contributed by atoms with Crippen LogP contribution in [0.5, 0.6) is 0 Å². The number of carbonyl (C=O) groups is 1. The highest BCUT2D eigenvalue weighted by molar-refractivity contribution is 9.10. The van der Waals surface area contributed by atoms with Gasteiger partial charge in [-0.1, -0.05) is 18.2 Å². The molecule has 1 unspecified atom stereocenters. The number of rotatable bonds is 2. The number of hydrogen-bond donors (Lipinski definition) is 1. The van der Waals surface area contributed by atoms with Gasteiger partial charge in [0.2, 0.25) is 5.91 Å². The van der Waals surface area contributed by atoms with E-state index < -0.39 is 0 Å². The molecular formula is C15H11BrFNOS. The van der Waals surface area contributed by atoms with Gasteiger partial charge < -0.3 is 5.32 Å². The monoisotopic (exact) mass is 351 g/mol. The van der Waals surface area contributed by atoms with Crippen molar-refractivity contribution in [2.45, 2.75) is 16.6 Å². The number of thioether (sulfide) groups is 1. The lowest BCUT2D eigenvalue weighted by molar-refractivity contribution is -0.115. The van der Waals surface area contributed by atoms with Crippen LogP contribution in [0.15, 0.2) is 51.8 Å². The first-order chi connectivity index (χ1) is 9.63. The van der Waals surface area contributed by atoms with E-state index in [4.69, 9.17) is 0 Å². The Morgan fingerprint density at radius 1 is 1.30 bits per heavy atom. The number of carbonyl (C=O) groups excluding carboxylic acids is 1. The minimum atomic E-state index is -0.370. The van der Waals surface area contributed by atoms with E-state index in [1.165, 1.54) is 17.7 Å².